The maximum Gasteiger partial charge on any atom is 0.256 e. The quantitative estimate of drug-likeness (QED) is 0.854. The number of nitrogens with zero attached hydrogens (tertiary/aromatic N) is 1. The average Bonchev–Trinajstić information content (AvgIpc) is 2.54. The molecular weight excluding hydrogens is 278 g/mol. The Balaban J connectivity index is 2.59. The maximum absolute atomic E-state index is 12.5. The van der Waals surface area contributed by atoms with E-state index in [9.17, 15) is 9.90 Å². The number of aliphatic hydroxyl groups excluding tert-OH is 1. The van der Waals surface area contributed by atoms with Gasteiger partial charge < -0.3 is 14.4 Å². The van der Waals surface area contributed by atoms with Gasteiger partial charge in [0.15, 0.2) is 0 Å². The number of ether oxygens (including phenoxy) is 1. The standard InChI is InChI=1S/C18H23NO3/c1-3-5-12-19-16(11-10-14(13-20)18(19)21)15-8-6-7-9-17(15)22-4-2/h6-11,20H,3-5,12-13H2,1-2H3. The Morgan fingerprint density at radius 1 is 1.14 bits per heavy atom. The lowest BCUT2D eigenvalue weighted by Gasteiger charge is -2.17. The molecule has 0 unspecified atom stereocenters. The smallest absolute Gasteiger partial charge is 0.256 e. The molecule has 0 aliphatic carbocycles. The van der Waals surface area contributed by atoms with Crippen LogP contribution in [0.1, 0.15) is 32.3 Å². The first kappa shape index (κ1) is 16.3. The van der Waals surface area contributed by atoms with E-state index in [0.717, 1.165) is 29.8 Å². The lowest BCUT2D eigenvalue weighted by Crippen LogP contribution is -2.25. The van der Waals surface area contributed by atoms with Crippen LogP contribution in [0.25, 0.3) is 11.3 Å². The molecule has 0 aliphatic heterocycles. The highest BCUT2D eigenvalue weighted by molar-refractivity contribution is 5.67. The van der Waals surface area contributed by atoms with Crippen LogP contribution in [0.3, 0.4) is 0 Å². The van der Waals surface area contributed by atoms with Crippen LogP contribution in [0.5, 0.6) is 5.75 Å². The third-order valence-electron chi connectivity index (χ3n) is 3.62. The normalized spacial score (nSPS) is 10.7. The van der Waals surface area contributed by atoms with Crippen LogP contribution in [0.4, 0.5) is 0 Å². The van der Waals surface area contributed by atoms with Gasteiger partial charge in [0.1, 0.15) is 5.75 Å². The number of aromatic nitrogens is 1. The van der Waals surface area contributed by atoms with E-state index in [2.05, 4.69) is 6.92 Å². The number of hydrogen-bond acceptors (Lipinski definition) is 3. The highest BCUT2D eigenvalue weighted by Gasteiger charge is 2.13. The van der Waals surface area contributed by atoms with Crippen LogP contribution in [0.2, 0.25) is 0 Å². The summed E-state index contributed by atoms with van der Waals surface area (Å²) in [5.41, 5.74) is 2.04. The van der Waals surface area contributed by atoms with Crippen molar-refractivity contribution in [3.05, 3.63) is 52.3 Å². The Hall–Kier alpha value is -2.07. The summed E-state index contributed by atoms with van der Waals surface area (Å²) in [6.45, 7) is 5.01. The molecule has 118 valence electrons. The van der Waals surface area contributed by atoms with Crippen LogP contribution < -0.4 is 10.3 Å². The van der Waals surface area contributed by atoms with Gasteiger partial charge in [0, 0.05) is 17.7 Å². The Morgan fingerprint density at radius 3 is 2.59 bits per heavy atom. The fourth-order valence-electron chi connectivity index (χ4n) is 2.48. The minimum Gasteiger partial charge on any atom is -0.493 e. The zero-order chi connectivity index (χ0) is 15.9. The first-order valence-electron chi connectivity index (χ1n) is 7.78. The monoisotopic (exact) mass is 301 g/mol. The molecule has 2 rings (SSSR count). The SMILES string of the molecule is CCCCn1c(-c2ccccc2OCC)ccc(CO)c1=O. The Morgan fingerprint density at radius 2 is 1.91 bits per heavy atom. The van der Waals surface area contributed by atoms with E-state index >= 15 is 0 Å². The number of pyridine rings is 1. The van der Waals surface area contributed by atoms with Gasteiger partial charge in [-0.1, -0.05) is 25.5 Å². The fourth-order valence-corrected chi connectivity index (χ4v) is 2.48. The van der Waals surface area contributed by atoms with Gasteiger partial charge in [-0.15, -0.1) is 0 Å². The third-order valence-corrected chi connectivity index (χ3v) is 3.62. The molecule has 0 aliphatic rings. The lowest BCUT2D eigenvalue weighted by molar-refractivity contribution is 0.279. The molecule has 1 heterocycles. The minimum absolute atomic E-state index is 0.125. The van der Waals surface area contributed by atoms with Crippen molar-refractivity contribution in [3.63, 3.8) is 0 Å². The van der Waals surface area contributed by atoms with E-state index in [4.69, 9.17) is 4.74 Å². The molecule has 0 bridgehead atoms. The van der Waals surface area contributed by atoms with Gasteiger partial charge in [0.25, 0.3) is 5.56 Å². The van der Waals surface area contributed by atoms with Crippen molar-refractivity contribution in [3.8, 4) is 17.0 Å². The molecule has 0 radical (unpaired) electrons. The van der Waals surface area contributed by atoms with Crippen LogP contribution in [0, 0.1) is 0 Å². The second kappa shape index (κ2) is 7.80. The van der Waals surface area contributed by atoms with Crippen molar-refractivity contribution in [2.75, 3.05) is 6.61 Å². The number of aliphatic hydroxyl groups is 1. The van der Waals surface area contributed by atoms with Gasteiger partial charge in [0.05, 0.1) is 18.9 Å². The largest absolute Gasteiger partial charge is 0.493 e. The third kappa shape index (κ3) is 3.39. The molecule has 22 heavy (non-hydrogen) atoms. The van der Waals surface area contributed by atoms with Crippen molar-refractivity contribution >= 4 is 0 Å². The molecule has 4 nitrogen and oxygen atoms in total. The second-order valence-electron chi connectivity index (χ2n) is 5.14. The van der Waals surface area contributed by atoms with Crippen LogP contribution in [0.15, 0.2) is 41.2 Å². The zero-order valence-electron chi connectivity index (χ0n) is 13.2. The average molecular weight is 301 g/mol. The summed E-state index contributed by atoms with van der Waals surface area (Å²) in [7, 11) is 0. The summed E-state index contributed by atoms with van der Waals surface area (Å²) in [6.07, 6.45) is 1.92. The molecule has 0 spiro atoms. The lowest BCUT2D eigenvalue weighted by atomic mass is 10.1. The van der Waals surface area contributed by atoms with Gasteiger partial charge in [0.2, 0.25) is 0 Å². The van der Waals surface area contributed by atoms with E-state index in [1.54, 1.807) is 10.6 Å². The highest BCUT2D eigenvalue weighted by atomic mass is 16.5. The summed E-state index contributed by atoms with van der Waals surface area (Å²) in [5.74, 6) is 0.770. The van der Waals surface area contributed by atoms with E-state index in [0.29, 0.717) is 18.7 Å². The van der Waals surface area contributed by atoms with Gasteiger partial charge in [-0.05, 0) is 37.6 Å². The van der Waals surface area contributed by atoms with Crippen LogP contribution >= 0.6 is 0 Å². The Labute approximate surface area is 131 Å². The summed E-state index contributed by atoms with van der Waals surface area (Å²) in [5, 5.41) is 9.33. The van der Waals surface area contributed by atoms with Crippen molar-refractivity contribution in [2.24, 2.45) is 0 Å². The molecule has 0 fully saturated rings. The number of unbranched alkanes of at least 4 members (excludes halogenated alkanes) is 1. The Bertz CT molecular complexity index is 676. The molecule has 0 amide bonds. The maximum atomic E-state index is 12.5. The number of hydrogen-bond donors (Lipinski definition) is 1. The van der Waals surface area contributed by atoms with Crippen LogP contribution in [-0.4, -0.2) is 16.3 Å². The zero-order valence-corrected chi connectivity index (χ0v) is 13.2. The fraction of sp³-hybridized carbons (Fsp3) is 0.389. The minimum atomic E-state index is -0.238. The number of para-hydroxylation sites is 1. The molecule has 2 aromatic rings. The van der Waals surface area contributed by atoms with E-state index in [-0.39, 0.29) is 12.2 Å². The van der Waals surface area contributed by atoms with Crippen molar-refractivity contribution in [1.29, 1.82) is 0 Å². The van der Waals surface area contributed by atoms with Crippen LogP contribution in [-0.2, 0) is 13.2 Å². The van der Waals surface area contributed by atoms with E-state index < -0.39 is 0 Å². The summed E-state index contributed by atoms with van der Waals surface area (Å²) < 4.78 is 7.43. The summed E-state index contributed by atoms with van der Waals surface area (Å²) in [6, 6.07) is 11.3. The van der Waals surface area contributed by atoms with E-state index in [1.165, 1.54) is 0 Å². The molecule has 1 N–H and O–H groups in total. The van der Waals surface area contributed by atoms with Crippen molar-refractivity contribution in [2.45, 2.75) is 39.8 Å². The number of rotatable bonds is 7. The predicted octanol–water partition coefficient (Wildman–Crippen LogP) is 3.21. The molecular formula is C18H23NO3. The molecule has 4 heteroatoms. The summed E-state index contributed by atoms with van der Waals surface area (Å²) in [4.78, 5) is 12.5. The van der Waals surface area contributed by atoms with Crippen molar-refractivity contribution in [1.82, 2.24) is 4.57 Å². The van der Waals surface area contributed by atoms with E-state index in [1.807, 2.05) is 37.3 Å². The predicted molar refractivity (Wildman–Crippen MR) is 88.1 cm³/mol. The van der Waals surface area contributed by atoms with Crippen molar-refractivity contribution < 1.29 is 9.84 Å². The molecule has 0 saturated heterocycles. The molecule has 1 aromatic carbocycles. The van der Waals surface area contributed by atoms with Gasteiger partial charge in [-0.2, -0.15) is 0 Å². The molecule has 0 atom stereocenters. The molecule has 0 saturated carbocycles. The highest BCUT2D eigenvalue weighted by Crippen LogP contribution is 2.29. The summed E-state index contributed by atoms with van der Waals surface area (Å²) >= 11 is 0. The molecule has 1 aromatic heterocycles. The first-order chi connectivity index (χ1) is 10.7. The Kier molecular flexibility index (Phi) is 5.78. The van der Waals surface area contributed by atoms with Gasteiger partial charge >= 0.3 is 0 Å². The first-order valence-corrected chi connectivity index (χ1v) is 7.78. The van der Waals surface area contributed by atoms with Gasteiger partial charge in [-0.3, -0.25) is 4.79 Å². The topological polar surface area (TPSA) is 51.5 Å². The number of benzene rings is 1. The second-order valence-corrected chi connectivity index (χ2v) is 5.14. The van der Waals surface area contributed by atoms with Gasteiger partial charge in [-0.25, -0.2) is 0 Å².